The molecule has 3 rings (SSSR count). The van der Waals surface area contributed by atoms with Gasteiger partial charge in [-0.3, -0.25) is 0 Å². The molecule has 1 aliphatic heterocycles. The smallest absolute Gasteiger partial charge is 0.0795 e. The van der Waals surface area contributed by atoms with Gasteiger partial charge in [0.2, 0.25) is 0 Å². The van der Waals surface area contributed by atoms with E-state index in [-0.39, 0.29) is 6.10 Å². The first-order chi connectivity index (χ1) is 7.84. The van der Waals surface area contributed by atoms with E-state index in [2.05, 4.69) is 23.5 Å². The molecule has 2 aliphatic rings. The molecule has 1 aromatic carbocycles. The molecular weight excluding hydrogens is 198 g/mol. The van der Waals surface area contributed by atoms with Crippen LogP contribution >= 0.6 is 0 Å². The summed E-state index contributed by atoms with van der Waals surface area (Å²) in [7, 11) is 0. The van der Waals surface area contributed by atoms with Gasteiger partial charge in [0.15, 0.2) is 0 Å². The van der Waals surface area contributed by atoms with E-state index in [1.807, 2.05) is 6.07 Å². The minimum absolute atomic E-state index is 0.246. The molecule has 2 nitrogen and oxygen atoms in total. The van der Waals surface area contributed by atoms with E-state index >= 15 is 0 Å². The first-order valence-electron chi connectivity index (χ1n) is 6.31. The normalized spacial score (nSPS) is 33.7. The molecule has 2 heteroatoms. The largest absolute Gasteiger partial charge is 0.388 e. The van der Waals surface area contributed by atoms with Gasteiger partial charge in [-0.2, -0.15) is 0 Å². The molecule has 0 amide bonds. The van der Waals surface area contributed by atoms with Crippen molar-refractivity contribution in [3.63, 3.8) is 0 Å². The van der Waals surface area contributed by atoms with E-state index in [1.54, 1.807) is 0 Å². The highest BCUT2D eigenvalue weighted by Crippen LogP contribution is 2.37. The van der Waals surface area contributed by atoms with Crippen LogP contribution in [0.25, 0.3) is 0 Å². The highest BCUT2D eigenvalue weighted by molar-refractivity contribution is 5.31. The van der Waals surface area contributed by atoms with E-state index in [0.717, 1.165) is 31.5 Å². The van der Waals surface area contributed by atoms with Crippen molar-refractivity contribution in [1.82, 2.24) is 5.32 Å². The van der Waals surface area contributed by atoms with Gasteiger partial charge in [-0.1, -0.05) is 24.3 Å². The monoisotopic (exact) mass is 217 g/mol. The summed E-state index contributed by atoms with van der Waals surface area (Å²) in [4.78, 5) is 0. The number of benzene rings is 1. The van der Waals surface area contributed by atoms with Crippen LogP contribution in [-0.4, -0.2) is 18.2 Å². The molecule has 1 aliphatic carbocycles. The van der Waals surface area contributed by atoms with Gasteiger partial charge in [0.05, 0.1) is 6.10 Å². The van der Waals surface area contributed by atoms with Crippen LogP contribution in [0, 0.1) is 11.8 Å². The summed E-state index contributed by atoms with van der Waals surface area (Å²) in [5.74, 6) is 1.41. The Bertz CT molecular complexity index is 377. The summed E-state index contributed by atoms with van der Waals surface area (Å²) in [6.07, 6.45) is 3.05. The number of hydrogen-bond donors (Lipinski definition) is 2. The maximum Gasteiger partial charge on any atom is 0.0795 e. The Morgan fingerprint density at radius 2 is 2.06 bits per heavy atom. The van der Waals surface area contributed by atoms with Crippen LogP contribution in [0.2, 0.25) is 0 Å². The van der Waals surface area contributed by atoms with Crippen LogP contribution in [0.4, 0.5) is 0 Å². The third kappa shape index (κ3) is 1.76. The molecule has 0 saturated carbocycles. The summed E-state index contributed by atoms with van der Waals surface area (Å²) < 4.78 is 0. The topological polar surface area (TPSA) is 32.3 Å². The van der Waals surface area contributed by atoms with Crippen LogP contribution in [0.3, 0.4) is 0 Å². The van der Waals surface area contributed by atoms with E-state index in [9.17, 15) is 5.11 Å². The summed E-state index contributed by atoms with van der Waals surface area (Å²) in [6.45, 7) is 2.23. The van der Waals surface area contributed by atoms with Gasteiger partial charge in [0.1, 0.15) is 0 Å². The van der Waals surface area contributed by atoms with Gasteiger partial charge < -0.3 is 10.4 Å². The third-order valence-corrected chi connectivity index (χ3v) is 4.19. The Morgan fingerprint density at radius 1 is 1.19 bits per heavy atom. The van der Waals surface area contributed by atoms with E-state index in [1.165, 1.54) is 12.0 Å². The Morgan fingerprint density at radius 3 is 3.00 bits per heavy atom. The predicted molar refractivity (Wildman–Crippen MR) is 64.2 cm³/mol. The van der Waals surface area contributed by atoms with Crippen molar-refractivity contribution in [3.8, 4) is 0 Å². The zero-order valence-corrected chi connectivity index (χ0v) is 9.52. The van der Waals surface area contributed by atoms with Gasteiger partial charge in [0, 0.05) is 0 Å². The maximum atomic E-state index is 10.3. The second-order valence-corrected chi connectivity index (χ2v) is 5.17. The Labute approximate surface area is 96.7 Å². The molecule has 16 heavy (non-hydrogen) atoms. The first-order valence-corrected chi connectivity index (χ1v) is 6.31. The number of fused-ring (bicyclic) bond motifs is 2. The quantitative estimate of drug-likeness (QED) is 0.695. The van der Waals surface area contributed by atoms with Crippen LogP contribution in [-0.2, 0) is 6.42 Å². The Balaban J connectivity index is 1.94. The number of rotatable bonds is 0. The summed E-state index contributed by atoms with van der Waals surface area (Å²) in [6, 6.07) is 8.39. The van der Waals surface area contributed by atoms with Gasteiger partial charge in [-0.15, -0.1) is 0 Å². The lowest BCUT2D eigenvalue weighted by Crippen LogP contribution is -2.37. The highest BCUT2D eigenvalue weighted by atomic mass is 16.3. The summed E-state index contributed by atoms with van der Waals surface area (Å²) in [5.41, 5.74) is 2.52. The maximum absolute atomic E-state index is 10.3. The average molecular weight is 217 g/mol. The van der Waals surface area contributed by atoms with Gasteiger partial charge in [-0.05, 0) is 55.3 Å². The second-order valence-electron chi connectivity index (χ2n) is 5.17. The van der Waals surface area contributed by atoms with E-state index in [0.29, 0.717) is 11.8 Å². The van der Waals surface area contributed by atoms with Crippen molar-refractivity contribution < 1.29 is 5.11 Å². The number of aliphatic hydroxyl groups excluding tert-OH is 1. The fourth-order valence-electron chi connectivity index (χ4n) is 3.27. The van der Waals surface area contributed by atoms with Gasteiger partial charge in [-0.25, -0.2) is 0 Å². The van der Waals surface area contributed by atoms with E-state index < -0.39 is 0 Å². The minimum Gasteiger partial charge on any atom is -0.388 e. The van der Waals surface area contributed by atoms with Gasteiger partial charge >= 0.3 is 0 Å². The lowest BCUT2D eigenvalue weighted by Gasteiger charge is -2.31. The summed E-state index contributed by atoms with van der Waals surface area (Å²) >= 11 is 0. The Kier molecular flexibility index (Phi) is 2.70. The molecule has 1 heterocycles. The predicted octanol–water partition coefficient (Wildman–Crippen LogP) is 1.89. The van der Waals surface area contributed by atoms with E-state index in [4.69, 9.17) is 0 Å². The molecule has 0 aromatic heterocycles. The molecule has 0 radical (unpaired) electrons. The van der Waals surface area contributed by atoms with Crippen LogP contribution < -0.4 is 5.32 Å². The second kappa shape index (κ2) is 4.19. The van der Waals surface area contributed by atoms with Gasteiger partial charge in [0.25, 0.3) is 0 Å². The summed E-state index contributed by atoms with van der Waals surface area (Å²) in [5, 5.41) is 13.7. The first kappa shape index (κ1) is 10.3. The standard InChI is InChI=1S/C14H19NO/c16-14-8-10-5-6-15-9-12(10)7-11-3-1-2-4-13(11)14/h1-4,10,12,14-16H,5-9H2. The Hall–Kier alpha value is -0.860. The molecule has 1 aromatic rings. The van der Waals surface area contributed by atoms with Crippen LogP contribution in [0.15, 0.2) is 24.3 Å². The zero-order chi connectivity index (χ0) is 11.0. The van der Waals surface area contributed by atoms with Crippen molar-refractivity contribution in [2.24, 2.45) is 11.8 Å². The van der Waals surface area contributed by atoms with Crippen molar-refractivity contribution in [2.45, 2.75) is 25.4 Å². The van der Waals surface area contributed by atoms with Crippen LogP contribution in [0.1, 0.15) is 30.1 Å². The van der Waals surface area contributed by atoms with Crippen molar-refractivity contribution >= 4 is 0 Å². The fraction of sp³-hybridized carbons (Fsp3) is 0.571. The average Bonchev–Trinajstić information content (AvgIpc) is 2.45. The minimum atomic E-state index is -0.246. The molecule has 1 fully saturated rings. The zero-order valence-electron chi connectivity index (χ0n) is 9.52. The fourth-order valence-corrected chi connectivity index (χ4v) is 3.27. The van der Waals surface area contributed by atoms with Crippen molar-refractivity contribution in [3.05, 3.63) is 35.4 Å². The SMILES string of the molecule is OC1CC2CCNCC2Cc2ccccc21. The van der Waals surface area contributed by atoms with Crippen molar-refractivity contribution in [1.29, 1.82) is 0 Å². The van der Waals surface area contributed by atoms with Crippen LogP contribution in [0.5, 0.6) is 0 Å². The molecule has 1 saturated heterocycles. The number of hydrogen-bond acceptors (Lipinski definition) is 2. The third-order valence-electron chi connectivity index (χ3n) is 4.19. The molecular formula is C14H19NO. The molecule has 0 spiro atoms. The molecule has 86 valence electrons. The number of piperidine rings is 1. The lowest BCUT2D eigenvalue weighted by molar-refractivity contribution is 0.119. The number of aliphatic hydroxyl groups is 1. The lowest BCUT2D eigenvalue weighted by atomic mass is 9.82. The molecule has 3 unspecified atom stereocenters. The highest BCUT2D eigenvalue weighted by Gasteiger charge is 2.31. The number of nitrogens with one attached hydrogen (secondary N) is 1. The molecule has 0 bridgehead atoms. The molecule has 3 atom stereocenters. The molecule has 2 N–H and O–H groups in total. The van der Waals surface area contributed by atoms with Crippen molar-refractivity contribution in [2.75, 3.05) is 13.1 Å².